The predicted octanol–water partition coefficient (Wildman–Crippen LogP) is 3.58. The number of alkyl halides is 3. The summed E-state index contributed by atoms with van der Waals surface area (Å²) < 4.78 is 45.0. The average Bonchev–Trinajstić information content (AvgIpc) is 2.54. The number of unbranched alkanes of at least 4 members (excludes halogenated alkanes) is 1. The Morgan fingerprint density at radius 3 is 2.32 bits per heavy atom. The molecule has 0 atom stereocenters. The van der Waals surface area contributed by atoms with Crippen molar-refractivity contribution >= 4 is 0 Å². The second kappa shape index (κ2) is 8.20. The number of rotatable bonds is 7. The SMILES string of the molecule is CN(C)CCCCOc1ccc(-n2cc(C(F)(F)F)ccc2=O)cc1. The van der Waals surface area contributed by atoms with Gasteiger partial charge in [0.25, 0.3) is 5.56 Å². The number of hydrogen-bond donors (Lipinski definition) is 0. The van der Waals surface area contributed by atoms with Crippen LogP contribution < -0.4 is 10.3 Å². The third-order valence-electron chi connectivity index (χ3n) is 3.62. The summed E-state index contributed by atoms with van der Waals surface area (Å²) in [5, 5.41) is 0. The normalized spacial score (nSPS) is 11.8. The first-order valence-corrected chi connectivity index (χ1v) is 7.95. The van der Waals surface area contributed by atoms with Gasteiger partial charge in [0.05, 0.1) is 12.2 Å². The van der Waals surface area contributed by atoms with Crippen molar-refractivity contribution in [3.05, 3.63) is 58.5 Å². The van der Waals surface area contributed by atoms with Crippen molar-refractivity contribution in [3.8, 4) is 11.4 Å². The van der Waals surface area contributed by atoms with Crippen LogP contribution in [0.4, 0.5) is 13.2 Å². The van der Waals surface area contributed by atoms with Crippen molar-refractivity contribution in [2.24, 2.45) is 0 Å². The lowest BCUT2D eigenvalue weighted by Gasteiger charge is -2.12. The van der Waals surface area contributed by atoms with Crippen LogP contribution in [-0.4, -0.2) is 36.7 Å². The zero-order valence-corrected chi connectivity index (χ0v) is 14.2. The van der Waals surface area contributed by atoms with E-state index in [9.17, 15) is 18.0 Å². The Morgan fingerprint density at radius 1 is 1.04 bits per heavy atom. The van der Waals surface area contributed by atoms with E-state index in [2.05, 4.69) is 4.90 Å². The van der Waals surface area contributed by atoms with E-state index in [4.69, 9.17) is 4.74 Å². The number of nitrogens with zero attached hydrogens (tertiary/aromatic N) is 2. The minimum absolute atomic E-state index is 0.357. The highest BCUT2D eigenvalue weighted by Crippen LogP contribution is 2.28. The van der Waals surface area contributed by atoms with Gasteiger partial charge < -0.3 is 9.64 Å². The van der Waals surface area contributed by atoms with Gasteiger partial charge in [-0.1, -0.05) is 0 Å². The molecule has 0 amide bonds. The summed E-state index contributed by atoms with van der Waals surface area (Å²) >= 11 is 0. The summed E-state index contributed by atoms with van der Waals surface area (Å²) in [6.07, 6.45) is -1.76. The average molecular weight is 354 g/mol. The summed E-state index contributed by atoms with van der Waals surface area (Å²) in [7, 11) is 4.02. The third kappa shape index (κ3) is 5.63. The molecular formula is C18H21F3N2O2. The molecule has 0 N–H and O–H groups in total. The maximum absolute atomic E-state index is 12.8. The van der Waals surface area contributed by atoms with E-state index in [1.165, 1.54) is 0 Å². The summed E-state index contributed by atoms with van der Waals surface area (Å²) in [5.74, 6) is 0.619. The lowest BCUT2D eigenvalue weighted by Crippen LogP contribution is -2.19. The van der Waals surface area contributed by atoms with E-state index in [1.807, 2.05) is 14.1 Å². The molecule has 0 unspecified atom stereocenters. The zero-order chi connectivity index (χ0) is 18.4. The van der Waals surface area contributed by atoms with Crippen molar-refractivity contribution in [1.82, 2.24) is 9.47 Å². The molecule has 1 heterocycles. The molecule has 25 heavy (non-hydrogen) atoms. The smallest absolute Gasteiger partial charge is 0.417 e. The summed E-state index contributed by atoms with van der Waals surface area (Å²) in [6.45, 7) is 1.55. The van der Waals surface area contributed by atoms with Gasteiger partial charge in [-0.05, 0) is 63.8 Å². The molecule has 2 rings (SSSR count). The molecule has 0 radical (unpaired) electrons. The van der Waals surface area contributed by atoms with Crippen LogP contribution in [0, 0.1) is 0 Å². The number of aromatic nitrogens is 1. The molecule has 136 valence electrons. The van der Waals surface area contributed by atoms with Gasteiger partial charge in [0.15, 0.2) is 0 Å². The lowest BCUT2D eigenvalue weighted by atomic mass is 10.2. The van der Waals surface area contributed by atoms with Crippen LogP contribution in [0.1, 0.15) is 18.4 Å². The van der Waals surface area contributed by atoms with Crippen LogP contribution >= 0.6 is 0 Å². The van der Waals surface area contributed by atoms with Gasteiger partial charge in [0.1, 0.15) is 5.75 Å². The second-order valence-electron chi connectivity index (χ2n) is 5.98. The topological polar surface area (TPSA) is 34.5 Å². The van der Waals surface area contributed by atoms with Gasteiger partial charge in [-0.15, -0.1) is 0 Å². The molecule has 0 aliphatic heterocycles. The van der Waals surface area contributed by atoms with E-state index in [-0.39, 0.29) is 0 Å². The number of hydrogen-bond acceptors (Lipinski definition) is 3. The number of halogens is 3. The summed E-state index contributed by atoms with van der Waals surface area (Å²) in [5.41, 5.74) is -1.03. The van der Waals surface area contributed by atoms with E-state index in [0.29, 0.717) is 18.0 Å². The van der Waals surface area contributed by atoms with Gasteiger partial charge in [-0.2, -0.15) is 13.2 Å². The summed E-state index contributed by atoms with van der Waals surface area (Å²) in [6, 6.07) is 8.12. The first-order chi connectivity index (χ1) is 11.8. The number of pyridine rings is 1. The van der Waals surface area contributed by atoms with Crippen molar-refractivity contribution in [1.29, 1.82) is 0 Å². The maximum Gasteiger partial charge on any atom is 0.417 e. The molecule has 0 saturated heterocycles. The zero-order valence-electron chi connectivity index (χ0n) is 14.2. The molecule has 1 aromatic carbocycles. The van der Waals surface area contributed by atoms with Gasteiger partial charge in [0.2, 0.25) is 0 Å². The third-order valence-corrected chi connectivity index (χ3v) is 3.62. The first kappa shape index (κ1) is 19.1. The van der Waals surface area contributed by atoms with Crippen LogP contribution in [0.5, 0.6) is 5.75 Å². The Labute approximate surface area is 144 Å². The molecule has 7 heteroatoms. The molecule has 0 aliphatic carbocycles. The molecule has 0 aliphatic rings. The van der Waals surface area contributed by atoms with Gasteiger partial charge >= 0.3 is 6.18 Å². The van der Waals surface area contributed by atoms with Gasteiger partial charge in [-0.25, -0.2) is 0 Å². The maximum atomic E-state index is 12.8. The Morgan fingerprint density at radius 2 is 1.72 bits per heavy atom. The van der Waals surface area contributed by atoms with E-state index >= 15 is 0 Å². The van der Waals surface area contributed by atoms with Crippen LogP contribution in [0.3, 0.4) is 0 Å². The standard InChI is InChI=1S/C18H21F3N2O2/c1-22(2)11-3-4-12-25-16-8-6-15(7-9-16)23-13-14(18(19,20)21)5-10-17(23)24/h5-10,13H,3-4,11-12H2,1-2H3. The molecule has 4 nitrogen and oxygen atoms in total. The predicted molar refractivity (Wildman–Crippen MR) is 90.3 cm³/mol. The molecule has 0 saturated carbocycles. The van der Waals surface area contributed by atoms with Crippen LogP contribution in [-0.2, 0) is 6.18 Å². The molecule has 0 fully saturated rings. The van der Waals surface area contributed by atoms with Crippen molar-refractivity contribution in [3.63, 3.8) is 0 Å². The first-order valence-electron chi connectivity index (χ1n) is 7.95. The highest BCUT2D eigenvalue weighted by Gasteiger charge is 2.31. The lowest BCUT2D eigenvalue weighted by molar-refractivity contribution is -0.138. The highest BCUT2D eigenvalue weighted by atomic mass is 19.4. The number of benzene rings is 1. The van der Waals surface area contributed by atoms with Crippen molar-refractivity contribution in [2.45, 2.75) is 19.0 Å². The minimum Gasteiger partial charge on any atom is -0.494 e. The fraction of sp³-hybridized carbons (Fsp3) is 0.389. The monoisotopic (exact) mass is 354 g/mol. The minimum atomic E-state index is -4.49. The molecule has 2 aromatic rings. The van der Waals surface area contributed by atoms with Crippen LogP contribution in [0.25, 0.3) is 5.69 Å². The Bertz CT molecular complexity index is 737. The van der Waals surface area contributed by atoms with E-state index in [1.54, 1.807) is 24.3 Å². The van der Waals surface area contributed by atoms with E-state index < -0.39 is 17.3 Å². The summed E-state index contributed by atoms with van der Waals surface area (Å²) in [4.78, 5) is 13.9. The number of ether oxygens (including phenoxy) is 1. The van der Waals surface area contributed by atoms with Gasteiger partial charge in [-0.3, -0.25) is 9.36 Å². The molecule has 0 bridgehead atoms. The highest BCUT2D eigenvalue weighted by molar-refractivity contribution is 5.38. The van der Waals surface area contributed by atoms with Crippen molar-refractivity contribution < 1.29 is 17.9 Å². The molecule has 1 aromatic heterocycles. The Kier molecular flexibility index (Phi) is 6.25. The largest absolute Gasteiger partial charge is 0.494 e. The van der Waals surface area contributed by atoms with Crippen molar-refractivity contribution in [2.75, 3.05) is 27.2 Å². The van der Waals surface area contributed by atoms with Crippen LogP contribution in [0.2, 0.25) is 0 Å². The van der Waals surface area contributed by atoms with E-state index in [0.717, 1.165) is 42.3 Å². The fourth-order valence-corrected chi connectivity index (χ4v) is 2.28. The quantitative estimate of drug-likeness (QED) is 0.713. The van der Waals surface area contributed by atoms with Gasteiger partial charge in [0, 0.05) is 18.0 Å². The Hall–Kier alpha value is -2.28. The van der Waals surface area contributed by atoms with Crippen LogP contribution in [0.15, 0.2) is 47.4 Å². The Balaban J connectivity index is 2.04. The fourth-order valence-electron chi connectivity index (χ4n) is 2.28. The molecular weight excluding hydrogens is 333 g/mol. The second-order valence-corrected chi connectivity index (χ2v) is 5.98. The molecule has 0 spiro atoms.